The molecule has 0 radical (unpaired) electrons. The van der Waals surface area contributed by atoms with Gasteiger partial charge in [-0.2, -0.15) is 0 Å². The number of hydrogen-bond donors (Lipinski definition) is 1. The lowest BCUT2D eigenvalue weighted by molar-refractivity contribution is -0.162. The van der Waals surface area contributed by atoms with Gasteiger partial charge in [-0.05, 0) is 80.4 Å². The van der Waals surface area contributed by atoms with Gasteiger partial charge in [0.1, 0.15) is 11.6 Å². The molecular weight excluding hydrogens is 458 g/mol. The number of anilines is 1. The maximum Gasteiger partial charge on any atom is 0.228 e. The highest BCUT2D eigenvalue weighted by Crippen LogP contribution is 2.66. The van der Waals surface area contributed by atoms with Crippen LogP contribution in [0.25, 0.3) is 10.9 Å². The third kappa shape index (κ3) is 3.92. The zero-order chi connectivity index (χ0) is 25.2. The summed E-state index contributed by atoms with van der Waals surface area (Å²) in [4.78, 5) is 28.0. The zero-order valence-electron chi connectivity index (χ0n) is 21.8. The van der Waals surface area contributed by atoms with E-state index in [1.807, 2.05) is 24.3 Å². The molecule has 5 aliphatic rings. The molecule has 2 heterocycles. The summed E-state index contributed by atoms with van der Waals surface area (Å²) in [5.41, 5.74) is 9.92. The van der Waals surface area contributed by atoms with Crippen molar-refractivity contribution in [2.75, 3.05) is 31.9 Å². The van der Waals surface area contributed by atoms with Crippen LogP contribution < -0.4 is 5.73 Å². The van der Waals surface area contributed by atoms with Gasteiger partial charge in [-0.1, -0.05) is 42.0 Å². The Balaban J connectivity index is 1.06. The van der Waals surface area contributed by atoms with Crippen molar-refractivity contribution in [2.45, 2.75) is 57.4 Å². The first-order valence-electron chi connectivity index (χ1n) is 14.0. The van der Waals surface area contributed by atoms with Gasteiger partial charge in [0.2, 0.25) is 5.91 Å². The smallest absolute Gasteiger partial charge is 0.228 e. The van der Waals surface area contributed by atoms with E-state index in [1.54, 1.807) is 0 Å². The Hall–Kier alpha value is -2.99. The fourth-order valence-electron chi connectivity index (χ4n) is 8.62. The van der Waals surface area contributed by atoms with Crippen molar-refractivity contribution >= 4 is 22.6 Å². The average molecular weight is 496 g/mol. The van der Waals surface area contributed by atoms with Crippen molar-refractivity contribution < 1.29 is 4.79 Å². The summed E-state index contributed by atoms with van der Waals surface area (Å²) in [5.74, 6) is 3.13. The highest BCUT2D eigenvalue weighted by molar-refractivity contribution is 5.87. The molecule has 8 rings (SSSR count). The molecule has 1 saturated heterocycles. The molecule has 5 fully saturated rings. The van der Waals surface area contributed by atoms with E-state index >= 15 is 0 Å². The fraction of sp³-hybridized carbons (Fsp3) is 0.516. The predicted octanol–water partition coefficient (Wildman–Crippen LogP) is 4.70. The number of aromatic nitrogens is 2. The molecule has 4 aliphatic carbocycles. The number of aryl methyl sites for hydroxylation is 1. The van der Waals surface area contributed by atoms with E-state index in [1.165, 1.54) is 30.4 Å². The standard InChI is InChI=1S/C31H37N5O/c1-21-6-8-24(9-7-21)30-15-22-14-23(16-30)18-31(17-22,20-30)29(37)36-12-10-35(11-13-36)19-27-33-26-5-3-2-4-25(26)28(32)34-27/h2-9,22-23H,10-20H2,1H3,(H2,32,33,34). The van der Waals surface area contributed by atoms with Gasteiger partial charge in [-0.15, -0.1) is 0 Å². The van der Waals surface area contributed by atoms with Gasteiger partial charge >= 0.3 is 0 Å². The number of fused-ring (bicyclic) bond motifs is 1. The molecule has 4 saturated carbocycles. The van der Waals surface area contributed by atoms with Gasteiger partial charge < -0.3 is 10.6 Å². The van der Waals surface area contributed by atoms with Crippen LogP contribution in [0.3, 0.4) is 0 Å². The summed E-state index contributed by atoms with van der Waals surface area (Å²) < 4.78 is 0. The van der Waals surface area contributed by atoms with Crippen molar-refractivity contribution in [3.05, 3.63) is 65.5 Å². The number of benzene rings is 2. The Labute approximate surface area is 219 Å². The number of piperazine rings is 1. The van der Waals surface area contributed by atoms with Crippen molar-refractivity contribution in [1.82, 2.24) is 19.8 Å². The van der Waals surface area contributed by atoms with Crippen LogP contribution in [0.4, 0.5) is 5.82 Å². The molecular formula is C31H37N5O. The summed E-state index contributed by atoms with van der Waals surface area (Å²) >= 11 is 0. The number of hydrogen-bond acceptors (Lipinski definition) is 5. The van der Waals surface area contributed by atoms with Gasteiger partial charge in [0.15, 0.2) is 0 Å². The van der Waals surface area contributed by atoms with E-state index in [4.69, 9.17) is 10.7 Å². The summed E-state index contributed by atoms with van der Waals surface area (Å²) in [7, 11) is 0. The molecule has 6 heteroatoms. The van der Waals surface area contributed by atoms with Crippen LogP contribution in [-0.4, -0.2) is 51.9 Å². The summed E-state index contributed by atoms with van der Waals surface area (Å²) in [6.07, 6.45) is 7.10. The monoisotopic (exact) mass is 495 g/mol. The summed E-state index contributed by atoms with van der Waals surface area (Å²) in [6.45, 7) is 6.12. The number of nitrogens with two attached hydrogens (primary N) is 1. The average Bonchev–Trinajstić information content (AvgIpc) is 2.88. The second-order valence-corrected chi connectivity index (χ2v) is 12.5. The molecule has 192 valence electrons. The SMILES string of the molecule is Cc1ccc(C23CC4CC(CC(C(=O)N5CCN(Cc6nc(N)c7ccccc7n6)CC5)(C4)C2)C3)cc1. The number of carbonyl (C=O) groups excluding carboxylic acids is 1. The number of rotatable bonds is 4. The van der Waals surface area contributed by atoms with Crippen molar-refractivity contribution in [2.24, 2.45) is 17.3 Å². The van der Waals surface area contributed by atoms with Crippen molar-refractivity contribution in [3.63, 3.8) is 0 Å². The van der Waals surface area contributed by atoms with Gasteiger partial charge in [0.05, 0.1) is 17.5 Å². The van der Waals surface area contributed by atoms with Gasteiger partial charge in [0.25, 0.3) is 0 Å². The lowest BCUT2D eigenvalue weighted by Crippen LogP contribution is -2.61. The molecule has 3 aromatic rings. The second-order valence-electron chi connectivity index (χ2n) is 12.5. The first-order valence-corrected chi connectivity index (χ1v) is 14.0. The zero-order valence-corrected chi connectivity index (χ0v) is 21.8. The van der Waals surface area contributed by atoms with E-state index in [9.17, 15) is 4.79 Å². The third-order valence-electron chi connectivity index (χ3n) is 9.88. The first kappa shape index (κ1) is 23.2. The minimum absolute atomic E-state index is 0.160. The molecule has 2 N–H and O–H groups in total. The van der Waals surface area contributed by atoms with E-state index in [2.05, 4.69) is 46.0 Å². The van der Waals surface area contributed by atoms with Crippen LogP contribution in [-0.2, 0) is 16.8 Å². The van der Waals surface area contributed by atoms with Crippen LogP contribution >= 0.6 is 0 Å². The van der Waals surface area contributed by atoms with Crippen molar-refractivity contribution in [1.29, 1.82) is 0 Å². The highest BCUT2D eigenvalue weighted by Gasteiger charge is 2.61. The third-order valence-corrected chi connectivity index (χ3v) is 9.88. The Morgan fingerprint density at radius 3 is 2.38 bits per heavy atom. The van der Waals surface area contributed by atoms with Crippen LogP contribution in [0.2, 0.25) is 0 Å². The van der Waals surface area contributed by atoms with E-state index < -0.39 is 0 Å². The van der Waals surface area contributed by atoms with Gasteiger partial charge in [0, 0.05) is 31.6 Å². The maximum atomic E-state index is 14.2. The number of amides is 1. The molecule has 2 aromatic carbocycles. The predicted molar refractivity (Wildman–Crippen MR) is 146 cm³/mol. The molecule has 1 aromatic heterocycles. The molecule has 2 unspecified atom stereocenters. The lowest BCUT2D eigenvalue weighted by Gasteiger charge is -2.62. The molecule has 1 aliphatic heterocycles. The number of para-hydroxylation sites is 1. The van der Waals surface area contributed by atoms with Crippen molar-refractivity contribution in [3.8, 4) is 0 Å². The van der Waals surface area contributed by atoms with E-state index in [-0.39, 0.29) is 10.8 Å². The first-order chi connectivity index (χ1) is 17.9. The van der Waals surface area contributed by atoms with Gasteiger partial charge in [-0.3, -0.25) is 9.69 Å². The largest absolute Gasteiger partial charge is 0.383 e. The molecule has 0 spiro atoms. The number of nitrogens with zero attached hydrogens (tertiary/aromatic N) is 4. The fourth-order valence-corrected chi connectivity index (χ4v) is 8.62. The molecule has 1 amide bonds. The molecule has 6 nitrogen and oxygen atoms in total. The maximum absolute atomic E-state index is 14.2. The Morgan fingerprint density at radius 1 is 0.946 bits per heavy atom. The molecule has 4 bridgehead atoms. The normalized spacial score (nSPS) is 31.2. The van der Waals surface area contributed by atoms with E-state index in [0.717, 1.165) is 62.2 Å². The van der Waals surface area contributed by atoms with Crippen LogP contribution in [0, 0.1) is 24.2 Å². The molecule has 37 heavy (non-hydrogen) atoms. The van der Waals surface area contributed by atoms with Crippen LogP contribution in [0.5, 0.6) is 0 Å². The second kappa shape index (κ2) is 8.52. The summed E-state index contributed by atoms with van der Waals surface area (Å²) in [5, 5.41) is 0.903. The summed E-state index contributed by atoms with van der Waals surface area (Å²) in [6, 6.07) is 17.1. The quantitative estimate of drug-likeness (QED) is 0.568. The van der Waals surface area contributed by atoms with Gasteiger partial charge in [-0.25, -0.2) is 9.97 Å². The Bertz CT molecular complexity index is 1330. The minimum Gasteiger partial charge on any atom is -0.383 e. The Morgan fingerprint density at radius 2 is 1.65 bits per heavy atom. The lowest BCUT2D eigenvalue weighted by atomic mass is 9.42. The van der Waals surface area contributed by atoms with Crippen LogP contribution in [0.1, 0.15) is 55.5 Å². The number of nitrogen functional groups attached to an aromatic ring is 1. The number of carbonyl (C=O) groups is 1. The Kier molecular flexibility index (Phi) is 5.33. The van der Waals surface area contributed by atoms with Crippen LogP contribution in [0.15, 0.2) is 48.5 Å². The van der Waals surface area contributed by atoms with E-state index in [0.29, 0.717) is 30.1 Å². The topological polar surface area (TPSA) is 75.4 Å². The minimum atomic E-state index is -0.160. The molecule has 2 atom stereocenters. The highest BCUT2D eigenvalue weighted by atomic mass is 16.2.